The summed E-state index contributed by atoms with van der Waals surface area (Å²) in [4.78, 5) is 9.73. The Kier molecular flexibility index (Phi) is 1.81. The van der Waals surface area contributed by atoms with Crippen LogP contribution in [0.5, 0.6) is 0 Å². The van der Waals surface area contributed by atoms with Crippen LogP contribution in [0.4, 0.5) is 0 Å². The third-order valence-electron chi connectivity index (χ3n) is 3.21. The quantitative estimate of drug-likeness (QED) is 0.671. The van der Waals surface area contributed by atoms with Gasteiger partial charge in [-0.3, -0.25) is 4.79 Å². The van der Waals surface area contributed by atoms with Gasteiger partial charge in [0.25, 0.3) is 0 Å². The van der Waals surface area contributed by atoms with Crippen LogP contribution in [-0.4, -0.2) is 21.3 Å². The van der Waals surface area contributed by atoms with Crippen molar-refractivity contribution in [2.75, 3.05) is 0 Å². The second-order valence-corrected chi connectivity index (χ2v) is 4.84. The summed E-state index contributed by atoms with van der Waals surface area (Å²) in [6.45, 7) is 0. The van der Waals surface area contributed by atoms with Gasteiger partial charge < -0.3 is 5.11 Å². The third-order valence-corrected chi connectivity index (χ3v) is 4.73. The van der Waals surface area contributed by atoms with Gasteiger partial charge in [-0.05, 0) is 31.1 Å². The highest BCUT2D eigenvalue weighted by Gasteiger charge is 2.61. The summed E-state index contributed by atoms with van der Waals surface area (Å²) >= 11 is 12.0. The Morgan fingerprint density at radius 3 is 2.50 bits per heavy atom. The van der Waals surface area contributed by atoms with E-state index in [-0.39, 0.29) is 11.3 Å². The lowest BCUT2D eigenvalue weighted by Crippen LogP contribution is -2.46. The summed E-state index contributed by atoms with van der Waals surface area (Å²) in [7, 11) is 0. The maximum absolute atomic E-state index is 10.9. The number of rotatable bonds is 1. The number of carbonyl (C=O) groups is 1. The van der Waals surface area contributed by atoms with Crippen molar-refractivity contribution in [3.63, 3.8) is 0 Å². The zero-order valence-corrected chi connectivity index (χ0v) is 7.98. The molecule has 0 aromatic heterocycles. The van der Waals surface area contributed by atoms with E-state index in [1.165, 1.54) is 0 Å². The van der Waals surface area contributed by atoms with Crippen molar-refractivity contribution in [3.05, 3.63) is 0 Å². The minimum atomic E-state index is -1.18. The molecule has 0 aromatic rings. The monoisotopic (exact) mass is 208 g/mol. The second-order valence-electron chi connectivity index (χ2n) is 3.75. The zero-order valence-electron chi connectivity index (χ0n) is 6.46. The molecule has 2 aliphatic rings. The summed E-state index contributed by atoms with van der Waals surface area (Å²) in [6, 6.07) is 0. The van der Waals surface area contributed by atoms with Gasteiger partial charge in [-0.25, -0.2) is 0 Å². The fraction of sp³-hybridized carbons (Fsp3) is 0.875. The molecule has 2 rings (SSSR count). The van der Waals surface area contributed by atoms with Gasteiger partial charge in [-0.1, -0.05) is 0 Å². The minimum absolute atomic E-state index is 0.0872. The van der Waals surface area contributed by atoms with E-state index in [0.29, 0.717) is 5.92 Å². The Bertz CT molecular complexity index is 227. The first kappa shape index (κ1) is 8.64. The van der Waals surface area contributed by atoms with Crippen LogP contribution in [0, 0.1) is 11.8 Å². The fourth-order valence-electron chi connectivity index (χ4n) is 2.52. The number of carboxylic acids is 1. The van der Waals surface area contributed by atoms with Crippen LogP contribution in [0.1, 0.15) is 19.3 Å². The zero-order chi connectivity index (χ0) is 8.93. The van der Waals surface area contributed by atoms with E-state index in [1.807, 2.05) is 0 Å². The SMILES string of the molecule is O=C(O)[C@@]1(Cl)[C@H]2CC[C@H](C2)[C@@H]1Cl. The Labute approximate surface area is 80.8 Å². The van der Waals surface area contributed by atoms with Crippen molar-refractivity contribution >= 4 is 29.2 Å². The van der Waals surface area contributed by atoms with E-state index in [9.17, 15) is 4.79 Å². The van der Waals surface area contributed by atoms with Crippen LogP contribution in [-0.2, 0) is 4.79 Å². The number of hydrogen-bond donors (Lipinski definition) is 1. The maximum Gasteiger partial charge on any atom is 0.326 e. The van der Waals surface area contributed by atoms with Crippen molar-refractivity contribution in [2.45, 2.75) is 29.5 Å². The Morgan fingerprint density at radius 2 is 2.17 bits per heavy atom. The highest BCUT2D eigenvalue weighted by atomic mass is 35.5. The normalized spacial score (nSPS) is 51.3. The van der Waals surface area contributed by atoms with Gasteiger partial charge in [0, 0.05) is 0 Å². The van der Waals surface area contributed by atoms with Gasteiger partial charge in [0.15, 0.2) is 4.87 Å². The predicted octanol–water partition coefficient (Wildman–Crippen LogP) is 2.09. The molecule has 0 spiro atoms. The van der Waals surface area contributed by atoms with Gasteiger partial charge in [0.05, 0.1) is 5.38 Å². The van der Waals surface area contributed by atoms with E-state index in [4.69, 9.17) is 28.3 Å². The van der Waals surface area contributed by atoms with Crippen molar-refractivity contribution in [1.82, 2.24) is 0 Å². The van der Waals surface area contributed by atoms with Crippen molar-refractivity contribution < 1.29 is 9.90 Å². The molecule has 2 bridgehead atoms. The van der Waals surface area contributed by atoms with Gasteiger partial charge in [0.1, 0.15) is 0 Å². The lowest BCUT2D eigenvalue weighted by Gasteiger charge is -2.31. The molecule has 0 aromatic carbocycles. The van der Waals surface area contributed by atoms with Crippen LogP contribution < -0.4 is 0 Å². The molecular formula is C8H10Cl2O2. The first-order valence-corrected chi connectivity index (χ1v) is 4.94. The Hall–Kier alpha value is 0.0500. The summed E-state index contributed by atoms with van der Waals surface area (Å²) < 4.78 is 0. The molecule has 0 aliphatic heterocycles. The Balaban J connectivity index is 2.32. The summed E-state index contributed by atoms with van der Waals surface area (Å²) in [6.07, 6.45) is 2.86. The molecule has 0 saturated heterocycles. The number of alkyl halides is 2. The van der Waals surface area contributed by atoms with E-state index >= 15 is 0 Å². The van der Waals surface area contributed by atoms with E-state index < -0.39 is 10.8 Å². The molecule has 0 heterocycles. The van der Waals surface area contributed by atoms with Gasteiger partial charge in [0.2, 0.25) is 0 Å². The molecular weight excluding hydrogens is 199 g/mol. The first-order valence-electron chi connectivity index (χ1n) is 4.13. The molecule has 12 heavy (non-hydrogen) atoms. The average molecular weight is 209 g/mol. The molecule has 2 saturated carbocycles. The number of carboxylic acid groups (broad SMARTS) is 1. The molecule has 2 aliphatic carbocycles. The van der Waals surface area contributed by atoms with Crippen molar-refractivity contribution in [2.24, 2.45) is 11.8 Å². The second kappa shape index (κ2) is 2.52. The Morgan fingerprint density at radius 1 is 1.50 bits per heavy atom. The molecule has 0 unspecified atom stereocenters. The first-order chi connectivity index (χ1) is 5.56. The smallest absolute Gasteiger partial charge is 0.326 e. The van der Waals surface area contributed by atoms with Gasteiger partial charge >= 0.3 is 5.97 Å². The predicted molar refractivity (Wildman–Crippen MR) is 46.7 cm³/mol. The highest BCUT2D eigenvalue weighted by Crippen LogP contribution is 2.56. The maximum atomic E-state index is 10.9. The minimum Gasteiger partial charge on any atom is -0.480 e. The molecule has 0 amide bonds. The largest absolute Gasteiger partial charge is 0.480 e. The third kappa shape index (κ3) is 0.854. The molecule has 4 heteroatoms. The molecule has 4 atom stereocenters. The fourth-order valence-corrected chi connectivity index (χ4v) is 3.40. The standard InChI is InChI=1S/C8H10Cl2O2/c9-6-4-1-2-5(3-4)8(6,10)7(11)12/h4-6H,1-3H2,(H,11,12)/t4-,5+,6+,8-/m1/s1. The summed E-state index contributed by atoms with van der Waals surface area (Å²) in [5, 5.41) is 8.57. The van der Waals surface area contributed by atoms with Crippen molar-refractivity contribution in [1.29, 1.82) is 0 Å². The van der Waals surface area contributed by atoms with Crippen LogP contribution in [0.15, 0.2) is 0 Å². The number of hydrogen-bond acceptors (Lipinski definition) is 1. The van der Waals surface area contributed by atoms with Gasteiger partial charge in [-0.2, -0.15) is 0 Å². The van der Waals surface area contributed by atoms with Gasteiger partial charge in [-0.15, -0.1) is 23.2 Å². The topological polar surface area (TPSA) is 37.3 Å². The molecule has 2 nitrogen and oxygen atoms in total. The molecule has 68 valence electrons. The molecule has 2 fully saturated rings. The van der Waals surface area contributed by atoms with Crippen LogP contribution in [0.25, 0.3) is 0 Å². The lowest BCUT2D eigenvalue weighted by molar-refractivity contribution is -0.141. The van der Waals surface area contributed by atoms with E-state index in [0.717, 1.165) is 19.3 Å². The average Bonchev–Trinajstić information content (AvgIpc) is 2.55. The molecule has 1 N–H and O–H groups in total. The highest BCUT2D eigenvalue weighted by molar-refractivity contribution is 6.41. The summed E-state index contributed by atoms with van der Waals surface area (Å²) in [5.41, 5.74) is 0. The van der Waals surface area contributed by atoms with E-state index in [2.05, 4.69) is 0 Å². The number of fused-ring (bicyclic) bond motifs is 2. The summed E-state index contributed by atoms with van der Waals surface area (Å²) in [5.74, 6) is -0.536. The van der Waals surface area contributed by atoms with Crippen LogP contribution in [0.3, 0.4) is 0 Å². The molecule has 0 radical (unpaired) electrons. The van der Waals surface area contributed by atoms with E-state index in [1.54, 1.807) is 0 Å². The van der Waals surface area contributed by atoms with Crippen LogP contribution >= 0.6 is 23.2 Å². The number of aliphatic carboxylic acids is 1. The number of halogens is 2. The van der Waals surface area contributed by atoms with Crippen LogP contribution in [0.2, 0.25) is 0 Å². The van der Waals surface area contributed by atoms with Crippen molar-refractivity contribution in [3.8, 4) is 0 Å². The lowest BCUT2D eigenvalue weighted by atomic mass is 9.87.